The maximum atomic E-state index is 12.6. The number of anilines is 2. The number of amides is 2. The van der Waals surface area contributed by atoms with Gasteiger partial charge in [0.25, 0.3) is 0 Å². The summed E-state index contributed by atoms with van der Waals surface area (Å²) in [7, 11) is 1.54. The minimum Gasteiger partial charge on any atom is -0.491 e. The predicted octanol–water partition coefficient (Wildman–Crippen LogP) is 4.02. The third-order valence-electron chi connectivity index (χ3n) is 3.50. The van der Waals surface area contributed by atoms with Crippen molar-refractivity contribution in [3.63, 3.8) is 0 Å². The summed E-state index contributed by atoms with van der Waals surface area (Å²) >= 11 is 0. The van der Waals surface area contributed by atoms with Crippen molar-refractivity contribution < 1.29 is 36.4 Å². The number of carbonyl (C=O) groups is 1. The Kier molecular flexibility index (Phi) is 6.02. The Labute approximate surface area is 161 Å². The number of benzene rings is 1. The van der Waals surface area contributed by atoms with Crippen molar-refractivity contribution in [1.29, 1.82) is 0 Å². The van der Waals surface area contributed by atoms with Crippen LogP contribution in [-0.4, -0.2) is 36.5 Å². The highest BCUT2D eigenvalue weighted by Gasteiger charge is 2.35. The normalized spacial score (nSPS) is 11.3. The number of nitrogens with one attached hydrogen (secondary N) is 2. The van der Waals surface area contributed by atoms with Gasteiger partial charge in [0.15, 0.2) is 5.69 Å². The SMILES string of the molecule is COCCOc1ccc(NC(=O)Nc2cc(C(F)(F)F)no2)c(-c2ncco2)c1. The second-order valence-corrected chi connectivity index (χ2v) is 5.54. The lowest BCUT2D eigenvalue weighted by Crippen LogP contribution is -2.19. The third kappa shape index (κ3) is 5.25. The van der Waals surface area contributed by atoms with Gasteiger partial charge in [0, 0.05) is 13.2 Å². The second-order valence-electron chi connectivity index (χ2n) is 5.54. The fraction of sp³-hybridized carbons (Fsp3) is 0.235. The molecule has 0 fully saturated rings. The lowest BCUT2D eigenvalue weighted by molar-refractivity contribution is -0.142. The van der Waals surface area contributed by atoms with E-state index in [4.69, 9.17) is 13.9 Å². The third-order valence-corrected chi connectivity index (χ3v) is 3.50. The van der Waals surface area contributed by atoms with Crippen LogP contribution < -0.4 is 15.4 Å². The van der Waals surface area contributed by atoms with E-state index in [1.54, 1.807) is 19.2 Å². The van der Waals surface area contributed by atoms with E-state index in [0.717, 1.165) is 0 Å². The number of carbonyl (C=O) groups excluding carboxylic acids is 1. The molecule has 154 valence electrons. The molecule has 9 nitrogen and oxygen atoms in total. The van der Waals surface area contributed by atoms with Crippen LogP contribution in [0.4, 0.5) is 29.5 Å². The van der Waals surface area contributed by atoms with Gasteiger partial charge >= 0.3 is 12.2 Å². The molecule has 0 bridgehead atoms. The molecule has 0 aliphatic carbocycles. The summed E-state index contributed by atoms with van der Waals surface area (Å²) in [5.41, 5.74) is -0.584. The van der Waals surface area contributed by atoms with E-state index in [2.05, 4.69) is 25.3 Å². The number of ether oxygens (including phenoxy) is 2. The van der Waals surface area contributed by atoms with Crippen molar-refractivity contribution in [2.24, 2.45) is 0 Å². The number of rotatable bonds is 7. The molecule has 1 aromatic carbocycles. The van der Waals surface area contributed by atoms with Crippen LogP contribution in [0.5, 0.6) is 5.75 Å². The number of halogens is 3. The lowest BCUT2D eigenvalue weighted by Gasteiger charge is -2.12. The van der Waals surface area contributed by atoms with E-state index < -0.39 is 23.8 Å². The van der Waals surface area contributed by atoms with E-state index in [-0.39, 0.29) is 11.6 Å². The molecule has 2 N–H and O–H groups in total. The van der Waals surface area contributed by atoms with Gasteiger partial charge in [0.05, 0.1) is 24.1 Å². The van der Waals surface area contributed by atoms with Crippen molar-refractivity contribution in [2.75, 3.05) is 31.0 Å². The van der Waals surface area contributed by atoms with Gasteiger partial charge in [-0.05, 0) is 18.2 Å². The van der Waals surface area contributed by atoms with Crippen LogP contribution in [0.1, 0.15) is 5.69 Å². The lowest BCUT2D eigenvalue weighted by atomic mass is 10.1. The molecule has 0 unspecified atom stereocenters. The summed E-state index contributed by atoms with van der Waals surface area (Å²) in [6.07, 6.45) is -1.91. The molecule has 0 saturated carbocycles. The van der Waals surface area contributed by atoms with Crippen LogP contribution >= 0.6 is 0 Å². The molecule has 3 aromatic rings. The molecule has 2 aromatic heterocycles. The van der Waals surface area contributed by atoms with Crippen LogP contribution in [0.2, 0.25) is 0 Å². The Balaban J connectivity index is 1.75. The van der Waals surface area contributed by atoms with Crippen LogP contribution in [0.15, 0.2) is 45.7 Å². The van der Waals surface area contributed by atoms with E-state index in [1.807, 2.05) is 0 Å². The average Bonchev–Trinajstić information content (AvgIpc) is 3.34. The van der Waals surface area contributed by atoms with Crippen LogP contribution in [0.25, 0.3) is 11.5 Å². The van der Waals surface area contributed by atoms with Gasteiger partial charge < -0.3 is 23.7 Å². The van der Waals surface area contributed by atoms with E-state index >= 15 is 0 Å². The van der Waals surface area contributed by atoms with Gasteiger partial charge in [-0.1, -0.05) is 5.16 Å². The number of hydrogen-bond acceptors (Lipinski definition) is 7. The van der Waals surface area contributed by atoms with Gasteiger partial charge in [-0.2, -0.15) is 13.2 Å². The summed E-state index contributed by atoms with van der Waals surface area (Å²) in [6, 6.07) is 4.43. The summed E-state index contributed by atoms with van der Waals surface area (Å²) in [6.45, 7) is 0.690. The van der Waals surface area contributed by atoms with Crippen LogP contribution in [0.3, 0.4) is 0 Å². The molecular formula is C17H15F3N4O5. The first-order chi connectivity index (χ1) is 13.9. The largest absolute Gasteiger partial charge is 0.491 e. The van der Waals surface area contributed by atoms with Crippen molar-refractivity contribution in [3.8, 4) is 17.2 Å². The first kappa shape index (κ1) is 20.2. The number of urea groups is 1. The first-order valence-corrected chi connectivity index (χ1v) is 8.14. The molecule has 0 aliphatic rings. The molecule has 0 radical (unpaired) electrons. The zero-order valence-electron chi connectivity index (χ0n) is 14.9. The Morgan fingerprint density at radius 1 is 1.21 bits per heavy atom. The summed E-state index contributed by atoms with van der Waals surface area (Å²) < 4.78 is 57.8. The van der Waals surface area contributed by atoms with Crippen molar-refractivity contribution in [2.45, 2.75) is 6.18 Å². The number of nitrogens with zero attached hydrogens (tertiary/aromatic N) is 2. The Morgan fingerprint density at radius 3 is 2.69 bits per heavy atom. The smallest absolute Gasteiger partial charge is 0.436 e. The van der Waals surface area contributed by atoms with Crippen molar-refractivity contribution in [1.82, 2.24) is 10.1 Å². The number of hydrogen-bond donors (Lipinski definition) is 2. The first-order valence-electron chi connectivity index (χ1n) is 8.14. The van der Waals surface area contributed by atoms with E-state index in [1.165, 1.54) is 18.5 Å². The van der Waals surface area contributed by atoms with Gasteiger partial charge in [-0.25, -0.2) is 9.78 Å². The van der Waals surface area contributed by atoms with Gasteiger partial charge in [0.2, 0.25) is 11.8 Å². The molecule has 2 amide bonds. The molecule has 0 aliphatic heterocycles. The number of oxazole rings is 1. The second kappa shape index (κ2) is 8.65. The molecule has 29 heavy (non-hydrogen) atoms. The Morgan fingerprint density at radius 2 is 2.03 bits per heavy atom. The molecule has 2 heterocycles. The average molecular weight is 412 g/mol. The van der Waals surface area contributed by atoms with Gasteiger partial charge in [0.1, 0.15) is 18.6 Å². The Hall–Kier alpha value is -3.54. The van der Waals surface area contributed by atoms with Crippen LogP contribution in [0, 0.1) is 0 Å². The molecular weight excluding hydrogens is 397 g/mol. The zero-order chi connectivity index (χ0) is 20.9. The maximum absolute atomic E-state index is 12.6. The monoisotopic (exact) mass is 412 g/mol. The molecule has 0 saturated heterocycles. The Bertz CT molecular complexity index is 956. The fourth-order valence-electron chi connectivity index (χ4n) is 2.23. The maximum Gasteiger partial charge on any atom is 0.436 e. The topological polar surface area (TPSA) is 112 Å². The van der Waals surface area contributed by atoms with Crippen molar-refractivity contribution >= 4 is 17.6 Å². The summed E-state index contributed by atoms with van der Waals surface area (Å²) in [4.78, 5) is 16.2. The number of alkyl halides is 3. The predicted molar refractivity (Wildman–Crippen MR) is 93.5 cm³/mol. The minimum atomic E-state index is -4.68. The highest BCUT2D eigenvalue weighted by Crippen LogP contribution is 2.32. The summed E-state index contributed by atoms with van der Waals surface area (Å²) in [5.74, 6) is 0.217. The number of methoxy groups -OCH3 is 1. The highest BCUT2D eigenvalue weighted by molar-refractivity contribution is 6.01. The number of aromatic nitrogens is 2. The van der Waals surface area contributed by atoms with E-state index in [9.17, 15) is 18.0 Å². The molecule has 0 atom stereocenters. The molecule has 3 rings (SSSR count). The van der Waals surface area contributed by atoms with Gasteiger partial charge in [-0.15, -0.1) is 0 Å². The summed E-state index contributed by atoms with van der Waals surface area (Å²) in [5, 5.41) is 7.48. The van der Waals surface area contributed by atoms with Crippen molar-refractivity contribution in [3.05, 3.63) is 42.4 Å². The molecule has 0 spiro atoms. The fourth-order valence-corrected chi connectivity index (χ4v) is 2.23. The minimum absolute atomic E-state index is 0.205. The van der Waals surface area contributed by atoms with Crippen LogP contribution in [-0.2, 0) is 10.9 Å². The van der Waals surface area contributed by atoms with Gasteiger partial charge in [-0.3, -0.25) is 5.32 Å². The van der Waals surface area contributed by atoms with E-state index in [0.29, 0.717) is 30.6 Å². The molecule has 12 heteroatoms. The zero-order valence-corrected chi connectivity index (χ0v) is 14.9. The highest BCUT2D eigenvalue weighted by atomic mass is 19.4. The quantitative estimate of drug-likeness (QED) is 0.564. The standard InChI is InChI=1S/C17H15F3N4O5/c1-26-6-7-27-10-2-3-12(11(8-10)15-21-4-5-28-15)22-16(25)23-14-9-13(24-29-14)17(18,19)20/h2-5,8-9H,6-7H2,1H3,(H2,22,23,25).